The lowest BCUT2D eigenvalue weighted by atomic mass is 10.00. The minimum absolute atomic E-state index is 0.0177. The summed E-state index contributed by atoms with van der Waals surface area (Å²) in [5, 5.41) is 5.75. The molecule has 1 heterocycles. The van der Waals surface area contributed by atoms with Crippen LogP contribution in [0.3, 0.4) is 0 Å². The van der Waals surface area contributed by atoms with E-state index in [0.717, 1.165) is 42.5 Å². The van der Waals surface area contributed by atoms with E-state index in [1.54, 1.807) is 12.1 Å². The Morgan fingerprint density at radius 1 is 0.967 bits per heavy atom. The Morgan fingerprint density at radius 2 is 1.77 bits per heavy atom. The van der Waals surface area contributed by atoms with Crippen molar-refractivity contribution in [2.75, 3.05) is 11.9 Å². The van der Waals surface area contributed by atoms with Gasteiger partial charge >= 0.3 is 5.97 Å². The van der Waals surface area contributed by atoms with Gasteiger partial charge in [-0.05, 0) is 48.6 Å². The van der Waals surface area contributed by atoms with Crippen LogP contribution in [0.1, 0.15) is 60.0 Å². The van der Waals surface area contributed by atoms with Crippen LogP contribution in [0.5, 0.6) is 0 Å². The monoisotopic (exact) mass is 408 g/mol. The van der Waals surface area contributed by atoms with Gasteiger partial charge in [-0.3, -0.25) is 14.4 Å². The van der Waals surface area contributed by atoms with E-state index in [2.05, 4.69) is 10.6 Å². The number of hydrogen-bond donors (Lipinski definition) is 2. The van der Waals surface area contributed by atoms with Gasteiger partial charge < -0.3 is 15.4 Å². The van der Waals surface area contributed by atoms with Crippen LogP contribution in [0.4, 0.5) is 5.69 Å². The number of carbonyl (C=O) groups is 3. The molecular weight excluding hydrogens is 380 g/mol. The first-order valence-electron chi connectivity index (χ1n) is 10.5. The second-order valence-electron chi connectivity index (χ2n) is 7.49. The summed E-state index contributed by atoms with van der Waals surface area (Å²) in [5.74, 6) is -0.251. The number of aryl methyl sites for hydroxylation is 1. The van der Waals surface area contributed by atoms with Crippen LogP contribution in [0, 0.1) is 0 Å². The van der Waals surface area contributed by atoms with E-state index < -0.39 is 0 Å². The number of carbonyl (C=O) groups excluding carboxylic acids is 3. The molecule has 2 N–H and O–H groups in total. The van der Waals surface area contributed by atoms with Crippen molar-refractivity contribution in [1.29, 1.82) is 0 Å². The normalized spacial score (nSPS) is 12.6. The van der Waals surface area contributed by atoms with Crippen LogP contribution in [0.25, 0.3) is 0 Å². The van der Waals surface area contributed by atoms with Crippen molar-refractivity contribution in [1.82, 2.24) is 5.32 Å². The molecule has 3 rings (SSSR count). The van der Waals surface area contributed by atoms with Crippen LogP contribution < -0.4 is 10.6 Å². The highest BCUT2D eigenvalue weighted by atomic mass is 16.5. The number of rotatable bonds is 10. The van der Waals surface area contributed by atoms with E-state index in [1.165, 1.54) is 0 Å². The van der Waals surface area contributed by atoms with Gasteiger partial charge in [-0.2, -0.15) is 0 Å². The second-order valence-corrected chi connectivity index (χ2v) is 7.49. The van der Waals surface area contributed by atoms with Crippen molar-refractivity contribution in [3.63, 3.8) is 0 Å². The Hall–Kier alpha value is -3.15. The summed E-state index contributed by atoms with van der Waals surface area (Å²) in [4.78, 5) is 35.5. The molecule has 1 aliphatic heterocycles. The smallest absolute Gasteiger partial charge is 0.306 e. The van der Waals surface area contributed by atoms with Crippen molar-refractivity contribution in [3.05, 3.63) is 65.2 Å². The van der Waals surface area contributed by atoms with Crippen LogP contribution >= 0.6 is 0 Å². The summed E-state index contributed by atoms with van der Waals surface area (Å²) >= 11 is 0. The predicted molar refractivity (Wildman–Crippen MR) is 115 cm³/mol. The number of amides is 2. The molecule has 0 unspecified atom stereocenters. The van der Waals surface area contributed by atoms with E-state index >= 15 is 0 Å². The Morgan fingerprint density at radius 3 is 2.60 bits per heavy atom. The molecule has 2 aromatic rings. The highest BCUT2D eigenvalue weighted by Gasteiger charge is 2.16. The molecule has 6 heteroatoms. The van der Waals surface area contributed by atoms with Crippen molar-refractivity contribution in [3.8, 4) is 0 Å². The molecule has 0 bridgehead atoms. The summed E-state index contributed by atoms with van der Waals surface area (Å²) in [6.07, 6.45) is 5.07. The molecule has 0 aromatic heterocycles. The van der Waals surface area contributed by atoms with Gasteiger partial charge in [-0.1, -0.05) is 43.2 Å². The predicted octanol–water partition coefficient (Wildman–Crippen LogP) is 4.00. The van der Waals surface area contributed by atoms with Gasteiger partial charge in [0.25, 0.3) is 5.91 Å². The third-order valence-electron chi connectivity index (χ3n) is 5.10. The first-order chi connectivity index (χ1) is 14.6. The van der Waals surface area contributed by atoms with Crippen LogP contribution in [-0.4, -0.2) is 24.3 Å². The summed E-state index contributed by atoms with van der Waals surface area (Å²) in [6, 6.07) is 15.0. The third kappa shape index (κ3) is 6.72. The SMILES string of the molecule is O=C1CCc2cc(C(=O)NCCCCCCC(=O)OCc3ccccc3)ccc2N1. The fourth-order valence-electron chi connectivity index (χ4n) is 3.39. The maximum Gasteiger partial charge on any atom is 0.306 e. The van der Waals surface area contributed by atoms with Gasteiger partial charge in [0.05, 0.1) is 0 Å². The van der Waals surface area contributed by atoms with E-state index in [0.29, 0.717) is 38.0 Å². The first kappa shape index (κ1) is 21.6. The fraction of sp³-hybridized carbons (Fsp3) is 0.375. The van der Waals surface area contributed by atoms with Crippen molar-refractivity contribution >= 4 is 23.5 Å². The molecule has 0 saturated heterocycles. The van der Waals surface area contributed by atoms with Crippen LogP contribution in [-0.2, 0) is 27.4 Å². The quantitative estimate of drug-likeness (QED) is 0.460. The molecule has 2 amide bonds. The van der Waals surface area contributed by atoms with Gasteiger partial charge in [-0.15, -0.1) is 0 Å². The van der Waals surface area contributed by atoms with Gasteiger partial charge in [-0.25, -0.2) is 0 Å². The van der Waals surface area contributed by atoms with E-state index in [9.17, 15) is 14.4 Å². The average Bonchev–Trinajstić information content (AvgIpc) is 2.77. The fourth-order valence-corrected chi connectivity index (χ4v) is 3.39. The van der Waals surface area contributed by atoms with Gasteiger partial charge in [0, 0.05) is 30.6 Å². The number of hydrogen-bond acceptors (Lipinski definition) is 4. The lowest BCUT2D eigenvalue weighted by Gasteiger charge is -2.17. The number of nitrogens with one attached hydrogen (secondary N) is 2. The minimum atomic E-state index is -0.171. The second kappa shape index (κ2) is 11.1. The molecule has 30 heavy (non-hydrogen) atoms. The molecule has 0 radical (unpaired) electrons. The van der Waals surface area contributed by atoms with Crippen molar-refractivity contribution < 1.29 is 19.1 Å². The lowest BCUT2D eigenvalue weighted by molar-refractivity contribution is -0.145. The Labute approximate surface area is 177 Å². The minimum Gasteiger partial charge on any atom is -0.461 e. The molecule has 2 aromatic carbocycles. The Bertz CT molecular complexity index is 880. The number of ether oxygens (including phenoxy) is 1. The topological polar surface area (TPSA) is 84.5 Å². The van der Waals surface area contributed by atoms with Crippen molar-refractivity contribution in [2.24, 2.45) is 0 Å². The summed E-state index contributed by atoms with van der Waals surface area (Å²) in [5.41, 5.74) is 3.41. The standard InChI is InChI=1S/C24H28N2O4/c27-22-14-12-19-16-20(11-13-21(19)26-22)24(29)25-15-7-2-1-6-10-23(28)30-17-18-8-4-3-5-9-18/h3-5,8-9,11,13,16H,1-2,6-7,10,12,14-15,17H2,(H,25,29)(H,26,27). The maximum absolute atomic E-state index is 12.3. The van der Waals surface area contributed by atoms with Gasteiger partial charge in [0.1, 0.15) is 6.61 Å². The molecule has 158 valence electrons. The molecule has 6 nitrogen and oxygen atoms in total. The van der Waals surface area contributed by atoms with E-state index in [-0.39, 0.29) is 17.8 Å². The van der Waals surface area contributed by atoms with Crippen molar-refractivity contribution in [2.45, 2.75) is 51.6 Å². The number of esters is 1. The van der Waals surface area contributed by atoms with Crippen LogP contribution in [0.15, 0.2) is 48.5 Å². The zero-order chi connectivity index (χ0) is 21.2. The Balaban J connectivity index is 1.25. The molecule has 0 saturated carbocycles. The number of fused-ring (bicyclic) bond motifs is 1. The molecule has 1 aliphatic rings. The maximum atomic E-state index is 12.3. The summed E-state index contributed by atoms with van der Waals surface area (Å²) < 4.78 is 5.26. The van der Waals surface area contributed by atoms with Gasteiger partial charge in [0.15, 0.2) is 0 Å². The first-order valence-corrected chi connectivity index (χ1v) is 10.5. The molecule has 0 spiro atoms. The number of benzene rings is 2. The third-order valence-corrected chi connectivity index (χ3v) is 5.10. The highest BCUT2D eigenvalue weighted by molar-refractivity contribution is 5.97. The molecule has 0 atom stereocenters. The molecule has 0 fully saturated rings. The average molecular weight is 408 g/mol. The Kier molecular flexibility index (Phi) is 8.01. The summed E-state index contributed by atoms with van der Waals surface area (Å²) in [7, 11) is 0. The highest BCUT2D eigenvalue weighted by Crippen LogP contribution is 2.23. The largest absolute Gasteiger partial charge is 0.461 e. The zero-order valence-corrected chi connectivity index (χ0v) is 17.1. The number of anilines is 1. The van der Waals surface area contributed by atoms with Crippen LogP contribution in [0.2, 0.25) is 0 Å². The molecular formula is C24H28N2O4. The van der Waals surface area contributed by atoms with E-state index in [4.69, 9.17) is 4.74 Å². The van der Waals surface area contributed by atoms with Gasteiger partial charge in [0.2, 0.25) is 5.91 Å². The lowest BCUT2D eigenvalue weighted by Crippen LogP contribution is -2.25. The number of unbranched alkanes of at least 4 members (excludes halogenated alkanes) is 3. The zero-order valence-electron chi connectivity index (χ0n) is 17.1. The summed E-state index contributed by atoms with van der Waals surface area (Å²) in [6.45, 7) is 0.922. The molecule has 0 aliphatic carbocycles. The van der Waals surface area contributed by atoms with E-state index in [1.807, 2.05) is 36.4 Å².